The van der Waals surface area contributed by atoms with E-state index in [1.807, 2.05) is 24.3 Å². The van der Waals surface area contributed by atoms with E-state index in [1.165, 1.54) is 7.11 Å². The number of rotatable bonds is 4. The zero-order chi connectivity index (χ0) is 14.5. The number of nitrogen functional groups attached to an aromatic ring is 1. The molecule has 2 rings (SSSR count). The highest BCUT2D eigenvalue weighted by Gasteiger charge is 2.14. The van der Waals surface area contributed by atoms with Crippen LogP contribution in [-0.4, -0.2) is 13.1 Å². The first-order chi connectivity index (χ1) is 9.60. The minimum absolute atomic E-state index is 0.191. The quantitative estimate of drug-likeness (QED) is 0.687. The Labute approximate surface area is 125 Å². The Morgan fingerprint density at radius 3 is 2.75 bits per heavy atom. The molecule has 0 heterocycles. The molecule has 0 aromatic heterocycles. The SMILES string of the molecule is COc1ccc(N)cc1C(=O)OCc1cccc(Br)c1. The van der Waals surface area contributed by atoms with Crippen molar-refractivity contribution in [1.82, 2.24) is 0 Å². The third-order valence-corrected chi connectivity index (χ3v) is 3.20. The van der Waals surface area contributed by atoms with Crippen LogP contribution in [-0.2, 0) is 11.3 Å². The molecule has 2 aromatic rings. The van der Waals surface area contributed by atoms with Crippen molar-refractivity contribution in [3.63, 3.8) is 0 Å². The van der Waals surface area contributed by atoms with Crippen molar-refractivity contribution in [3.05, 3.63) is 58.1 Å². The summed E-state index contributed by atoms with van der Waals surface area (Å²) in [5, 5.41) is 0. The molecule has 4 nitrogen and oxygen atoms in total. The van der Waals surface area contributed by atoms with Gasteiger partial charge in [-0.1, -0.05) is 28.1 Å². The maximum Gasteiger partial charge on any atom is 0.342 e. The molecule has 0 atom stereocenters. The number of esters is 1. The molecule has 20 heavy (non-hydrogen) atoms. The summed E-state index contributed by atoms with van der Waals surface area (Å²) in [7, 11) is 1.50. The van der Waals surface area contributed by atoms with Gasteiger partial charge in [0.25, 0.3) is 0 Å². The van der Waals surface area contributed by atoms with E-state index in [4.69, 9.17) is 15.2 Å². The molecule has 0 spiro atoms. The van der Waals surface area contributed by atoms with Crippen LogP contribution in [0.25, 0.3) is 0 Å². The van der Waals surface area contributed by atoms with E-state index < -0.39 is 5.97 Å². The lowest BCUT2D eigenvalue weighted by Crippen LogP contribution is -2.08. The van der Waals surface area contributed by atoms with Crippen LogP contribution in [0.2, 0.25) is 0 Å². The summed E-state index contributed by atoms with van der Waals surface area (Å²) in [6.45, 7) is 0.191. The minimum Gasteiger partial charge on any atom is -0.496 e. The molecule has 0 radical (unpaired) electrons. The first kappa shape index (κ1) is 14.4. The Kier molecular flexibility index (Phi) is 4.63. The number of halogens is 1. The van der Waals surface area contributed by atoms with E-state index in [1.54, 1.807) is 18.2 Å². The van der Waals surface area contributed by atoms with Crippen LogP contribution >= 0.6 is 15.9 Å². The van der Waals surface area contributed by atoms with Crippen LogP contribution in [0.4, 0.5) is 5.69 Å². The lowest BCUT2D eigenvalue weighted by atomic mass is 10.2. The van der Waals surface area contributed by atoms with Crippen LogP contribution in [0.5, 0.6) is 5.75 Å². The van der Waals surface area contributed by atoms with Crippen molar-refractivity contribution in [3.8, 4) is 5.75 Å². The van der Waals surface area contributed by atoms with Crippen LogP contribution < -0.4 is 10.5 Å². The lowest BCUT2D eigenvalue weighted by molar-refractivity contribution is 0.0469. The van der Waals surface area contributed by atoms with E-state index in [0.717, 1.165) is 10.0 Å². The second-order valence-electron chi connectivity index (χ2n) is 4.17. The Bertz CT molecular complexity index is 628. The normalized spacial score (nSPS) is 10.1. The van der Waals surface area contributed by atoms with Crippen LogP contribution in [0.15, 0.2) is 46.9 Å². The van der Waals surface area contributed by atoms with Gasteiger partial charge >= 0.3 is 5.97 Å². The highest BCUT2D eigenvalue weighted by molar-refractivity contribution is 9.10. The molecule has 0 aliphatic carbocycles. The number of nitrogens with two attached hydrogens (primary N) is 1. The Morgan fingerprint density at radius 1 is 1.25 bits per heavy atom. The molecule has 0 aliphatic heterocycles. The number of benzene rings is 2. The van der Waals surface area contributed by atoms with E-state index in [-0.39, 0.29) is 6.61 Å². The highest BCUT2D eigenvalue weighted by atomic mass is 79.9. The van der Waals surface area contributed by atoms with Gasteiger partial charge in [-0.2, -0.15) is 0 Å². The lowest BCUT2D eigenvalue weighted by Gasteiger charge is -2.09. The summed E-state index contributed by atoms with van der Waals surface area (Å²) in [6.07, 6.45) is 0. The highest BCUT2D eigenvalue weighted by Crippen LogP contribution is 2.22. The summed E-state index contributed by atoms with van der Waals surface area (Å²) in [4.78, 5) is 12.1. The number of carbonyl (C=O) groups excluding carboxylic acids is 1. The van der Waals surface area contributed by atoms with Crippen LogP contribution in [0.1, 0.15) is 15.9 Å². The third-order valence-electron chi connectivity index (χ3n) is 2.70. The van der Waals surface area contributed by atoms with E-state index >= 15 is 0 Å². The molecule has 0 unspecified atom stereocenters. The number of carbonyl (C=O) groups is 1. The second kappa shape index (κ2) is 6.43. The molecule has 0 bridgehead atoms. The van der Waals surface area contributed by atoms with Crippen molar-refractivity contribution in [1.29, 1.82) is 0 Å². The molecular formula is C15H14BrNO3. The molecule has 2 aromatic carbocycles. The molecule has 104 valence electrons. The van der Waals surface area contributed by atoms with Crippen molar-refractivity contribution >= 4 is 27.6 Å². The fourth-order valence-electron chi connectivity index (χ4n) is 1.74. The molecule has 0 saturated heterocycles. The standard InChI is InChI=1S/C15H14BrNO3/c1-19-14-6-5-12(17)8-13(14)15(18)20-9-10-3-2-4-11(16)7-10/h2-8H,9,17H2,1H3. The third kappa shape index (κ3) is 3.51. The number of hydrogen-bond acceptors (Lipinski definition) is 4. The minimum atomic E-state index is -0.464. The van der Waals surface area contributed by atoms with Gasteiger partial charge in [0.1, 0.15) is 17.9 Å². The van der Waals surface area contributed by atoms with Gasteiger partial charge in [-0.25, -0.2) is 4.79 Å². The van der Waals surface area contributed by atoms with Gasteiger partial charge in [0.15, 0.2) is 0 Å². The molecule has 5 heteroatoms. The topological polar surface area (TPSA) is 61.5 Å². The molecule has 0 fully saturated rings. The summed E-state index contributed by atoms with van der Waals surface area (Å²) in [6, 6.07) is 12.4. The van der Waals surface area contributed by atoms with Crippen molar-refractivity contribution in [2.24, 2.45) is 0 Å². The van der Waals surface area contributed by atoms with Gasteiger partial charge in [0, 0.05) is 10.2 Å². The summed E-state index contributed by atoms with van der Waals surface area (Å²) >= 11 is 3.37. The predicted octanol–water partition coefficient (Wildman–Crippen LogP) is 3.40. The van der Waals surface area contributed by atoms with Gasteiger partial charge in [-0.05, 0) is 35.9 Å². The first-order valence-corrected chi connectivity index (χ1v) is 6.74. The summed E-state index contributed by atoms with van der Waals surface area (Å²) in [5.41, 5.74) is 7.38. The zero-order valence-electron chi connectivity index (χ0n) is 10.9. The van der Waals surface area contributed by atoms with Crippen molar-refractivity contribution < 1.29 is 14.3 Å². The molecular weight excluding hydrogens is 322 g/mol. The number of ether oxygens (including phenoxy) is 2. The largest absolute Gasteiger partial charge is 0.496 e. The fourth-order valence-corrected chi connectivity index (χ4v) is 2.19. The van der Waals surface area contributed by atoms with E-state index in [2.05, 4.69) is 15.9 Å². The van der Waals surface area contributed by atoms with Gasteiger partial charge in [0.2, 0.25) is 0 Å². The maximum atomic E-state index is 12.1. The van der Waals surface area contributed by atoms with Crippen LogP contribution in [0.3, 0.4) is 0 Å². The zero-order valence-corrected chi connectivity index (χ0v) is 12.5. The van der Waals surface area contributed by atoms with Crippen molar-refractivity contribution in [2.45, 2.75) is 6.61 Å². The first-order valence-electron chi connectivity index (χ1n) is 5.95. The maximum absolute atomic E-state index is 12.1. The Hall–Kier alpha value is -2.01. The molecule has 0 aliphatic rings. The van der Waals surface area contributed by atoms with E-state index in [0.29, 0.717) is 17.0 Å². The average Bonchev–Trinajstić information content (AvgIpc) is 2.45. The van der Waals surface area contributed by atoms with Gasteiger partial charge in [0.05, 0.1) is 7.11 Å². The Balaban J connectivity index is 2.10. The average molecular weight is 336 g/mol. The van der Waals surface area contributed by atoms with Gasteiger partial charge in [-0.15, -0.1) is 0 Å². The van der Waals surface area contributed by atoms with Gasteiger partial charge in [-0.3, -0.25) is 0 Å². The fraction of sp³-hybridized carbons (Fsp3) is 0.133. The monoisotopic (exact) mass is 335 g/mol. The molecule has 2 N–H and O–H groups in total. The number of hydrogen-bond donors (Lipinski definition) is 1. The summed E-state index contributed by atoms with van der Waals surface area (Å²) < 4.78 is 11.3. The van der Waals surface area contributed by atoms with Crippen LogP contribution in [0, 0.1) is 0 Å². The Morgan fingerprint density at radius 2 is 2.05 bits per heavy atom. The summed E-state index contributed by atoms with van der Waals surface area (Å²) in [5.74, 6) is -0.0208. The van der Waals surface area contributed by atoms with Gasteiger partial charge < -0.3 is 15.2 Å². The second-order valence-corrected chi connectivity index (χ2v) is 5.08. The van der Waals surface area contributed by atoms with Crippen molar-refractivity contribution in [2.75, 3.05) is 12.8 Å². The smallest absolute Gasteiger partial charge is 0.342 e. The van der Waals surface area contributed by atoms with E-state index in [9.17, 15) is 4.79 Å². The number of anilines is 1. The predicted molar refractivity (Wildman–Crippen MR) is 80.7 cm³/mol. The number of methoxy groups -OCH3 is 1. The molecule has 0 amide bonds. The molecule has 0 saturated carbocycles.